The minimum Gasteiger partial charge on any atom is -0.312 e. The van der Waals surface area contributed by atoms with Gasteiger partial charge in [0, 0.05) is 30.1 Å². The van der Waals surface area contributed by atoms with Gasteiger partial charge in [-0.25, -0.2) is 4.98 Å². The molecule has 1 unspecified atom stereocenters. The van der Waals surface area contributed by atoms with E-state index in [1.54, 1.807) is 4.90 Å². The number of amides is 1. The van der Waals surface area contributed by atoms with Crippen molar-refractivity contribution in [1.82, 2.24) is 4.98 Å². The van der Waals surface area contributed by atoms with Crippen LogP contribution in [0.1, 0.15) is 6.42 Å². The lowest BCUT2D eigenvalue weighted by atomic mass is 10.1. The summed E-state index contributed by atoms with van der Waals surface area (Å²) in [6, 6.07) is 5.68. The summed E-state index contributed by atoms with van der Waals surface area (Å²) in [4.78, 5) is 20.7. The quantitative estimate of drug-likeness (QED) is 0.493. The number of benzene rings is 1. The number of rotatable bonds is 3. The molecule has 8 heteroatoms. The molecule has 3 rings (SSSR count). The molecule has 6 nitrogen and oxygen atoms in total. The molecule has 2 aromatic rings. The maximum atomic E-state index is 12.0. The van der Waals surface area contributed by atoms with Crippen LogP contribution in [0.25, 0.3) is 20.7 Å². The van der Waals surface area contributed by atoms with Crippen LogP contribution in [-0.4, -0.2) is 24.0 Å². The Morgan fingerprint density at radius 1 is 1.60 bits per heavy atom. The first-order chi connectivity index (χ1) is 9.67. The van der Waals surface area contributed by atoms with Crippen molar-refractivity contribution in [3.05, 3.63) is 33.1 Å². The zero-order valence-electron chi connectivity index (χ0n) is 10.4. The smallest absolute Gasteiger partial charge is 0.227 e. The van der Waals surface area contributed by atoms with E-state index in [4.69, 9.17) is 17.1 Å². The summed E-state index contributed by atoms with van der Waals surface area (Å²) in [6.07, 6.45) is 0.412. The number of nitrogens with zero attached hydrogens (tertiary/aromatic N) is 5. The summed E-state index contributed by atoms with van der Waals surface area (Å²) in [7, 11) is 0. The van der Waals surface area contributed by atoms with Gasteiger partial charge in [-0.2, -0.15) is 0 Å². The SMILES string of the molecule is [N-]=[N+]=NCC1CC(=O)N(c2ccc3sc(Cl)nc3c2)C1. The monoisotopic (exact) mass is 307 g/mol. The van der Waals surface area contributed by atoms with Gasteiger partial charge >= 0.3 is 0 Å². The lowest BCUT2D eigenvalue weighted by Gasteiger charge is -2.16. The average Bonchev–Trinajstić information content (AvgIpc) is 2.97. The molecule has 102 valence electrons. The molecule has 0 saturated carbocycles. The first kappa shape index (κ1) is 13.2. The molecular weight excluding hydrogens is 298 g/mol. The molecule has 1 aliphatic heterocycles. The number of halogens is 1. The molecule has 1 aromatic carbocycles. The second kappa shape index (κ2) is 5.28. The Bertz CT molecular complexity index is 724. The van der Waals surface area contributed by atoms with Gasteiger partial charge in [-0.05, 0) is 29.6 Å². The number of fused-ring (bicyclic) bond motifs is 1. The Hall–Kier alpha value is -1.82. The molecule has 1 amide bonds. The van der Waals surface area contributed by atoms with Crippen molar-refractivity contribution in [3.63, 3.8) is 0 Å². The maximum Gasteiger partial charge on any atom is 0.227 e. The van der Waals surface area contributed by atoms with Crippen molar-refractivity contribution in [2.75, 3.05) is 18.0 Å². The summed E-state index contributed by atoms with van der Waals surface area (Å²) < 4.78 is 1.49. The Labute approximate surface area is 123 Å². The molecule has 1 aromatic heterocycles. The topological polar surface area (TPSA) is 82.0 Å². The standard InChI is InChI=1S/C12H10ClN5OS/c13-12-16-9-4-8(1-2-10(9)20-12)18-6-7(3-11(18)19)5-15-17-14/h1-2,4,7H,3,5-6H2. The van der Waals surface area contributed by atoms with E-state index in [0.29, 0.717) is 24.0 Å². The molecule has 0 radical (unpaired) electrons. The molecule has 1 fully saturated rings. The van der Waals surface area contributed by atoms with E-state index in [2.05, 4.69) is 15.0 Å². The zero-order valence-corrected chi connectivity index (χ0v) is 11.9. The predicted molar refractivity (Wildman–Crippen MR) is 79.1 cm³/mol. The molecule has 0 bridgehead atoms. The Morgan fingerprint density at radius 3 is 3.25 bits per heavy atom. The second-order valence-electron chi connectivity index (χ2n) is 4.61. The maximum absolute atomic E-state index is 12.0. The van der Waals surface area contributed by atoms with Crippen molar-refractivity contribution in [2.45, 2.75) is 6.42 Å². The highest BCUT2D eigenvalue weighted by Gasteiger charge is 2.30. The van der Waals surface area contributed by atoms with E-state index in [1.165, 1.54) is 11.3 Å². The summed E-state index contributed by atoms with van der Waals surface area (Å²) in [5.41, 5.74) is 9.94. The lowest BCUT2D eigenvalue weighted by molar-refractivity contribution is -0.117. The zero-order chi connectivity index (χ0) is 14.1. The van der Waals surface area contributed by atoms with Crippen molar-refractivity contribution in [3.8, 4) is 0 Å². The number of hydrogen-bond acceptors (Lipinski definition) is 4. The van der Waals surface area contributed by atoms with E-state index in [0.717, 1.165) is 15.9 Å². The van der Waals surface area contributed by atoms with Crippen molar-refractivity contribution >= 4 is 44.7 Å². The summed E-state index contributed by atoms with van der Waals surface area (Å²) in [5, 5.41) is 3.54. The van der Waals surface area contributed by atoms with Gasteiger partial charge in [0.1, 0.15) is 0 Å². The van der Waals surface area contributed by atoms with E-state index >= 15 is 0 Å². The van der Waals surface area contributed by atoms with Gasteiger partial charge in [-0.15, -0.1) is 11.3 Å². The van der Waals surface area contributed by atoms with Gasteiger partial charge in [0.15, 0.2) is 4.47 Å². The summed E-state index contributed by atoms with van der Waals surface area (Å²) >= 11 is 7.30. The number of carbonyl (C=O) groups excluding carboxylic acids is 1. The Kier molecular flexibility index (Phi) is 3.48. The molecule has 1 atom stereocenters. The minimum absolute atomic E-state index is 0.0452. The molecule has 2 heterocycles. The van der Waals surface area contributed by atoms with E-state index in [1.807, 2.05) is 18.2 Å². The third kappa shape index (κ3) is 2.43. The highest BCUT2D eigenvalue weighted by molar-refractivity contribution is 7.22. The van der Waals surface area contributed by atoms with Crippen molar-refractivity contribution in [1.29, 1.82) is 0 Å². The number of aromatic nitrogens is 1. The van der Waals surface area contributed by atoms with Gasteiger partial charge < -0.3 is 4.90 Å². The second-order valence-corrected chi connectivity index (χ2v) is 6.22. The summed E-state index contributed by atoms with van der Waals surface area (Å²) in [5.74, 6) is 0.122. The van der Waals surface area contributed by atoms with Crippen LogP contribution in [0.3, 0.4) is 0 Å². The largest absolute Gasteiger partial charge is 0.312 e. The van der Waals surface area contributed by atoms with E-state index < -0.39 is 0 Å². The van der Waals surface area contributed by atoms with E-state index in [-0.39, 0.29) is 11.8 Å². The van der Waals surface area contributed by atoms with Gasteiger partial charge in [0.05, 0.1) is 10.2 Å². The molecule has 1 saturated heterocycles. The van der Waals surface area contributed by atoms with Crippen LogP contribution in [0, 0.1) is 5.92 Å². The van der Waals surface area contributed by atoms with Gasteiger partial charge in [-0.3, -0.25) is 4.79 Å². The van der Waals surface area contributed by atoms with Crippen LogP contribution in [0.15, 0.2) is 23.3 Å². The third-order valence-electron chi connectivity index (χ3n) is 3.26. The van der Waals surface area contributed by atoms with Gasteiger partial charge in [0.25, 0.3) is 0 Å². The van der Waals surface area contributed by atoms with Crippen LogP contribution >= 0.6 is 22.9 Å². The van der Waals surface area contributed by atoms with Crippen molar-refractivity contribution in [2.24, 2.45) is 11.0 Å². The molecule has 20 heavy (non-hydrogen) atoms. The van der Waals surface area contributed by atoms with Gasteiger partial charge in [-0.1, -0.05) is 16.7 Å². The first-order valence-electron chi connectivity index (χ1n) is 6.04. The summed E-state index contributed by atoms with van der Waals surface area (Å²) in [6.45, 7) is 0.921. The highest BCUT2D eigenvalue weighted by atomic mass is 35.5. The molecule has 1 aliphatic rings. The van der Waals surface area contributed by atoms with Crippen molar-refractivity contribution < 1.29 is 4.79 Å². The third-order valence-corrected chi connectivity index (χ3v) is 4.41. The normalized spacial score (nSPS) is 18.6. The Balaban J connectivity index is 1.86. The number of thiazole rings is 1. The van der Waals surface area contributed by atoms with Crippen LogP contribution in [0.5, 0.6) is 0 Å². The van der Waals surface area contributed by atoms with Crippen LogP contribution in [-0.2, 0) is 4.79 Å². The minimum atomic E-state index is 0.0452. The first-order valence-corrected chi connectivity index (χ1v) is 7.24. The predicted octanol–water partition coefficient (Wildman–Crippen LogP) is 3.61. The molecule has 0 spiro atoms. The van der Waals surface area contributed by atoms with Crippen LogP contribution in [0.4, 0.5) is 5.69 Å². The number of anilines is 1. The average molecular weight is 308 g/mol. The number of hydrogen-bond donors (Lipinski definition) is 0. The Morgan fingerprint density at radius 2 is 2.45 bits per heavy atom. The number of azide groups is 1. The number of carbonyl (C=O) groups is 1. The molecular formula is C12H10ClN5OS. The van der Waals surface area contributed by atoms with Gasteiger partial charge in [0.2, 0.25) is 5.91 Å². The van der Waals surface area contributed by atoms with E-state index in [9.17, 15) is 4.79 Å². The molecule has 0 N–H and O–H groups in total. The van der Waals surface area contributed by atoms with Crippen LogP contribution < -0.4 is 4.90 Å². The lowest BCUT2D eigenvalue weighted by Crippen LogP contribution is -2.24. The van der Waals surface area contributed by atoms with Crippen LogP contribution in [0.2, 0.25) is 4.47 Å². The highest BCUT2D eigenvalue weighted by Crippen LogP contribution is 2.31. The fraction of sp³-hybridized carbons (Fsp3) is 0.333. The molecule has 0 aliphatic carbocycles. The fourth-order valence-corrected chi connectivity index (χ4v) is 3.37. The fourth-order valence-electron chi connectivity index (χ4n) is 2.36.